The van der Waals surface area contributed by atoms with Crippen molar-refractivity contribution in [3.63, 3.8) is 0 Å². The Labute approximate surface area is 204 Å². The van der Waals surface area contributed by atoms with E-state index >= 15 is 0 Å². The molecule has 0 saturated heterocycles. The molecule has 3 N–H and O–H groups in total. The highest BCUT2D eigenvalue weighted by atomic mass is 32.2. The lowest BCUT2D eigenvalue weighted by atomic mass is 10.0. The molecule has 0 aliphatic rings. The molecule has 0 aliphatic heterocycles. The summed E-state index contributed by atoms with van der Waals surface area (Å²) in [6, 6.07) is 11.0. The van der Waals surface area contributed by atoms with Gasteiger partial charge in [0.05, 0.1) is 14.2 Å². The van der Waals surface area contributed by atoms with Crippen LogP contribution in [0.15, 0.2) is 59.6 Å². The molecule has 0 fully saturated rings. The van der Waals surface area contributed by atoms with Crippen LogP contribution in [-0.2, 0) is 30.8 Å². The lowest BCUT2D eigenvalue weighted by Crippen LogP contribution is -2.42. The Morgan fingerprint density at radius 2 is 1.86 bits per heavy atom. The molecule has 0 bridgehead atoms. The van der Waals surface area contributed by atoms with Crippen LogP contribution in [0.25, 0.3) is 17.0 Å². The first-order valence-electron chi connectivity index (χ1n) is 11.0. The van der Waals surface area contributed by atoms with E-state index in [-0.39, 0.29) is 23.1 Å². The summed E-state index contributed by atoms with van der Waals surface area (Å²) in [5.74, 6) is -0.917. The van der Waals surface area contributed by atoms with Crippen LogP contribution in [0, 0.1) is 0 Å². The van der Waals surface area contributed by atoms with Gasteiger partial charge in [0.25, 0.3) is 0 Å². The smallest absolute Gasteiger partial charge is 0.328 e. The van der Waals surface area contributed by atoms with Crippen molar-refractivity contribution in [1.29, 1.82) is 0 Å². The van der Waals surface area contributed by atoms with E-state index in [1.54, 1.807) is 26.1 Å². The van der Waals surface area contributed by atoms with E-state index in [0.29, 0.717) is 5.56 Å². The summed E-state index contributed by atoms with van der Waals surface area (Å²) in [6.07, 6.45) is 4.73. The maximum Gasteiger partial charge on any atom is 0.328 e. The maximum atomic E-state index is 12.7. The number of amides is 1. The summed E-state index contributed by atoms with van der Waals surface area (Å²) in [5, 5.41) is 3.62. The number of hydrogen-bond acceptors (Lipinski definition) is 6. The summed E-state index contributed by atoms with van der Waals surface area (Å²) in [4.78, 5) is 28.1. The number of hydrogen-bond donors (Lipinski definition) is 3. The lowest BCUT2D eigenvalue weighted by molar-refractivity contribution is -0.144. The van der Waals surface area contributed by atoms with Crippen LogP contribution in [0.5, 0.6) is 5.75 Å². The van der Waals surface area contributed by atoms with Crippen molar-refractivity contribution < 1.29 is 27.5 Å². The van der Waals surface area contributed by atoms with Crippen molar-refractivity contribution in [2.24, 2.45) is 0 Å². The number of rotatable bonds is 10. The summed E-state index contributed by atoms with van der Waals surface area (Å²) >= 11 is 0. The Bertz CT molecular complexity index is 1340. The molecular weight excluding hydrogens is 470 g/mol. The Morgan fingerprint density at radius 3 is 2.54 bits per heavy atom. The van der Waals surface area contributed by atoms with Gasteiger partial charge in [-0.05, 0) is 49.2 Å². The fourth-order valence-corrected chi connectivity index (χ4v) is 5.08. The Morgan fingerprint density at radius 1 is 1.11 bits per heavy atom. The predicted molar refractivity (Wildman–Crippen MR) is 133 cm³/mol. The molecule has 0 radical (unpaired) electrons. The minimum Gasteiger partial charge on any atom is -0.495 e. The first-order valence-corrected chi connectivity index (χ1v) is 12.4. The monoisotopic (exact) mass is 499 g/mol. The van der Waals surface area contributed by atoms with Crippen LogP contribution in [0.3, 0.4) is 0 Å². The van der Waals surface area contributed by atoms with Crippen LogP contribution < -0.4 is 14.8 Å². The highest BCUT2D eigenvalue weighted by molar-refractivity contribution is 7.89. The predicted octanol–water partition coefficient (Wildman–Crippen LogP) is 2.78. The quantitative estimate of drug-likeness (QED) is 0.291. The number of carbonyl (C=O) groups excluding carboxylic acids is 2. The number of carbonyl (C=O) groups is 2. The second kappa shape index (κ2) is 11.2. The van der Waals surface area contributed by atoms with Crippen LogP contribution in [0.4, 0.5) is 0 Å². The van der Waals surface area contributed by atoms with Crippen molar-refractivity contribution >= 4 is 38.9 Å². The molecule has 1 atom stereocenters. The molecule has 1 amide bonds. The molecule has 0 saturated carbocycles. The van der Waals surface area contributed by atoms with E-state index < -0.39 is 27.9 Å². The molecule has 10 heteroatoms. The van der Waals surface area contributed by atoms with Crippen molar-refractivity contribution in [3.8, 4) is 5.75 Å². The van der Waals surface area contributed by atoms with Crippen LogP contribution >= 0.6 is 0 Å². The third kappa shape index (κ3) is 6.49. The maximum absolute atomic E-state index is 12.7. The molecule has 2 aromatic carbocycles. The van der Waals surface area contributed by atoms with Gasteiger partial charge in [-0.1, -0.05) is 24.3 Å². The zero-order valence-electron chi connectivity index (χ0n) is 20.0. The molecule has 3 aromatic rings. The van der Waals surface area contributed by atoms with Gasteiger partial charge >= 0.3 is 5.97 Å². The summed E-state index contributed by atoms with van der Waals surface area (Å²) in [6.45, 7) is 3.43. The molecule has 35 heavy (non-hydrogen) atoms. The number of para-hydroxylation sites is 1. The largest absolute Gasteiger partial charge is 0.495 e. The first-order chi connectivity index (χ1) is 16.6. The number of aromatic amines is 1. The molecule has 0 spiro atoms. The van der Waals surface area contributed by atoms with Crippen LogP contribution in [0.1, 0.15) is 25.0 Å². The third-order valence-corrected chi connectivity index (χ3v) is 6.88. The number of aromatic nitrogens is 1. The van der Waals surface area contributed by atoms with E-state index in [1.165, 1.54) is 38.5 Å². The van der Waals surface area contributed by atoms with Crippen molar-refractivity contribution in [2.75, 3.05) is 14.2 Å². The summed E-state index contributed by atoms with van der Waals surface area (Å²) in [7, 11) is -1.17. The van der Waals surface area contributed by atoms with Gasteiger partial charge in [0, 0.05) is 35.6 Å². The van der Waals surface area contributed by atoms with E-state index in [4.69, 9.17) is 9.47 Å². The molecule has 1 aromatic heterocycles. The van der Waals surface area contributed by atoms with Gasteiger partial charge in [0.2, 0.25) is 15.9 Å². The average Bonchev–Trinajstić information content (AvgIpc) is 3.23. The summed E-state index contributed by atoms with van der Waals surface area (Å²) in [5.41, 5.74) is 2.26. The number of benzene rings is 2. The minimum atomic E-state index is -3.82. The van der Waals surface area contributed by atoms with Gasteiger partial charge in [0.1, 0.15) is 16.7 Å². The molecule has 3 rings (SSSR count). The zero-order valence-corrected chi connectivity index (χ0v) is 20.8. The molecular formula is C25H29N3O6S. The van der Waals surface area contributed by atoms with Crippen LogP contribution in [0.2, 0.25) is 0 Å². The van der Waals surface area contributed by atoms with E-state index in [0.717, 1.165) is 16.5 Å². The highest BCUT2D eigenvalue weighted by Crippen LogP contribution is 2.25. The van der Waals surface area contributed by atoms with Gasteiger partial charge in [-0.15, -0.1) is 0 Å². The molecule has 0 aliphatic carbocycles. The van der Waals surface area contributed by atoms with Crippen molar-refractivity contribution in [1.82, 2.24) is 15.0 Å². The number of sulfonamides is 1. The normalized spacial score (nSPS) is 12.7. The number of H-pyrrole nitrogens is 1. The number of ether oxygens (including phenoxy) is 2. The fraction of sp³-hybridized carbons (Fsp3) is 0.280. The number of nitrogens with one attached hydrogen (secondary N) is 3. The highest BCUT2D eigenvalue weighted by Gasteiger charge is 2.23. The molecule has 9 nitrogen and oxygen atoms in total. The van der Waals surface area contributed by atoms with Crippen molar-refractivity contribution in [2.45, 2.75) is 37.2 Å². The van der Waals surface area contributed by atoms with Gasteiger partial charge < -0.3 is 19.8 Å². The standard InChI is InChI=1S/C25H29N3O6S/c1-16(2)28-35(31,32)23-13-17(9-11-22(23)33-3)10-12-24(29)27-21(25(30)34-4)14-18-15-26-20-8-6-5-7-19(18)20/h5-13,15-16,21,26,28H,14H2,1-4H3,(H,27,29)/b12-10-. The Hall–Kier alpha value is -3.63. The molecule has 186 valence electrons. The number of methoxy groups -OCH3 is 2. The van der Waals surface area contributed by atoms with Gasteiger partial charge in [-0.25, -0.2) is 17.9 Å². The van der Waals surface area contributed by atoms with E-state index in [1.807, 2.05) is 24.3 Å². The Kier molecular flexibility index (Phi) is 8.31. The second-order valence-corrected chi connectivity index (χ2v) is 9.85. The van der Waals surface area contributed by atoms with Gasteiger partial charge in [-0.2, -0.15) is 0 Å². The second-order valence-electron chi connectivity index (χ2n) is 8.17. The van der Waals surface area contributed by atoms with E-state index in [9.17, 15) is 18.0 Å². The van der Waals surface area contributed by atoms with Crippen LogP contribution in [-0.4, -0.2) is 51.6 Å². The first kappa shape index (κ1) is 26.0. The van der Waals surface area contributed by atoms with Gasteiger partial charge in [0.15, 0.2) is 0 Å². The lowest BCUT2D eigenvalue weighted by Gasteiger charge is -2.15. The topological polar surface area (TPSA) is 127 Å². The minimum absolute atomic E-state index is 0.0389. The zero-order chi connectivity index (χ0) is 25.6. The third-order valence-electron chi connectivity index (χ3n) is 5.20. The Balaban J connectivity index is 1.78. The molecule has 1 unspecified atom stereocenters. The summed E-state index contributed by atoms with van der Waals surface area (Å²) < 4.78 is 37.9. The fourth-order valence-electron chi connectivity index (χ4n) is 3.63. The van der Waals surface area contributed by atoms with Crippen molar-refractivity contribution in [3.05, 3.63) is 65.9 Å². The number of esters is 1. The van der Waals surface area contributed by atoms with Gasteiger partial charge in [-0.3, -0.25) is 4.79 Å². The molecule has 1 heterocycles. The average molecular weight is 500 g/mol. The SMILES string of the molecule is COC(=O)C(Cc1c[nH]c2ccccc12)NC(=O)/C=C\c1ccc(OC)c(S(=O)(=O)NC(C)C)c1. The van der Waals surface area contributed by atoms with E-state index in [2.05, 4.69) is 15.0 Å². The number of fused-ring (bicyclic) bond motifs is 1.